The highest BCUT2D eigenvalue weighted by Gasteiger charge is 2.14. The van der Waals surface area contributed by atoms with Crippen LogP contribution in [-0.4, -0.2) is 5.78 Å². The van der Waals surface area contributed by atoms with Crippen molar-refractivity contribution in [3.63, 3.8) is 0 Å². The summed E-state index contributed by atoms with van der Waals surface area (Å²) in [7, 11) is 3.05. The molecule has 6 aromatic carbocycles. The maximum Gasteiger partial charge on any atom is 0.187 e. The van der Waals surface area contributed by atoms with Crippen LogP contribution in [0.15, 0.2) is 174 Å². The predicted octanol–water partition coefficient (Wildman–Crippen LogP) is 11.0. The van der Waals surface area contributed by atoms with Crippen LogP contribution in [0.5, 0.6) is 23.0 Å². The fourth-order valence-corrected chi connectivity index (χ4v) is 6.77. The van der Waals surface area contributed by atoms with Crippen molar-refractivity contribution in [3.8, 4) is 23.0 Å². The van der Waals surface area contributed by atoms with E-state index in [4.69, 9.17) is 15.2 Å². The Morgan fingerprint density at radius 3 is 1.61 bits per heavy atom. The van der Waals surface area contributed by atoms with Gasteiger partial charge < -0.3 is 20.5 Å². The molecule has 0 amide bonds. The van der Waals surface area contributed by atoms with Crippen LogP contribution in [0.4, 0.5) is 11.4 Å². The number of benzene rings is 6. The molecule has 0 saturated heterocycles. The molecule has 0 spiro atoms. The number of carbonyl (C=O) groups excluding carboxylic acids is 1. The molecule has 5 nitrogen and oxygen atoms in total. The van der Waals surface area contributed by atoms with Crippen molar-refractivity contribution in [3.05, 3.63) is 175 Å². The molecule has 226 valence electrons. The zero-order valence-electron chi connectivity index (χ0n) is 24.7. The Labute approximate surface area is 276 Å². The third-order valence-corrected chi connectivity index (χ3v) is 9.27. The van der Waals surface area contributed by atoms with E-state index < -0.39 is 0 Å². The summed E-state index contributed by atoms with van der Waals surface area (Å²) in [4.78, 5) is 15.0. The minimum atomic E-state index is -0.0948. The first-order valence-electron chi connectivity index (χ1n) is 14.6. The highest BCUT2D eigenvalue weighted by Crippen LogP contribution is 2.46. The van der Waals surface area contributed by atoms with Gasteiger partial charge in [0, 0.05) is 32.8 Å². The lowest BCUT2D eigenvalue weighted by atomic mass is 10.1. The fraction of sp³-hybridized carbons (Fsp3) is 0. The van der Waals surface area contributed by atoms with Crippen LogP contribution in [0.3, 0.4) is 0 Å². The SMILES string of the molecule is Nc1ccc(Oc2ccccc2)cc1SSc1cc(Oc2ccccc2)ccc1N/C(=C/C(=O)c1ccccc1)c1ccccc1. The van der Waals surface area contributed by atoms with Gasteiger partial charge in [-0.1, -0.05) is 119 Å². The molecule has 0 fully saturated rings. The van der Waals surface area contributed by atoms with Crippen molar-refractivity contribution in [2.45, 2.75) is 9.79 Å². The van der Waals surface area contributed by atoms with Gasteiger partial charge >= 0.3 is 0 Å². The third kappa shape index (κ3) is 8.21. The van der Waals surface area contributed by atoms with Crippen LogP contribution in [-0.2, 0) is 0 Å². The van der Waals surface area contributed by atoms with Crippen LogP contribution in [0.1, 0.15) is 15.9 Å². The average molecular weight is 639 g/mol. The van der Waals surface area contributed by atoms with Crippen LogP contribution < -0.4 is 20.5 Å². The average Bonchev–Trinajstić information content (AvgIpc) is 3.10. The van der Waals surface area contributed by atoms with Crippen molar-refractivity contribution >= 4 is 44.4 Å². The summed E-state index contributed by atoms with van der Waals surface area (Å²) in [5, 5.41) is 3.55. The topological polar surface area (TPSA) is 73.6 Å². The molecule has 7 heteroatoms. The minimum Gasteiger partial charge on any atom is -0.457 e. The molecule has 6 rings (SSSR count). The number of carbonyl (C=O) groups is 1. The molecule has 0 aliphatic heterocycles. The van der Waals surface area contributed by atoms with E-state index in [9.17, 15) is 4.79 Å². The maximum absolute atomic E-state index is 13.3. The number of para-hydroxylation sites is 2. The monoisotopic (exact) mass is 638 g/mol. The maximum atomic E-state index is 13.3. The molecule has 0 unspecified atom stereocenters. The van der Waals surface area contributed by atoms with E-state index in [1.54, 1.807) is 6.08 Å². The number of allylic oxidation sites excluding steroid dienone is 1. The van der Waals surface area contributed by atoms with E-state index in [0.717, 1.165) is 32.5 Å². The number of rotatable bonds is 12. The van der Waals surface area contributed by atoms with E-state index in [0.29, 0.717) is 28.4 Å². The first-order valence-corrected chi connectivity index (χ1v) is 16.7. The molecule has 0 heterocycles. The number of nitrogen functional groups attached to an aromatic ring is 1. The molecule has 0 aliphatic carbocycles. The Balaban J connectivity index is 1.32. The molecule has 0 aliphatic rings. The Hall–Kier alpha value is -5.37. The smallest absolute Gasteiger partial charge is 0.187 e. The van der Waals surface area contributed by atoms with Crippen LogP contribution in [0.25, 0.3) is 5.70 Å². The molecule has 0 aromatic heterocycles. The standard InChI is InChI=1S/C39H30N2O3S2/c40-34-23-21-32(43-30-17-9-3-10-18-30)25-38(34)45-46-39-26-33(44-31-19-11-4-12-20-31)22-24-35(39)41-36(28-13-5-1-6-14-28)27-37(42)29-15-7-2-8-16-29/h1-27,41H,40H2/b36-27+. The van der Waals surface area contributed by atoms with Crippen LogP contribution in [0.2, 0.25) is 0 Å². The van der Waals surface area contributed by atoms with Gasteiger partial charge in [-0.25, -0.2) is 0 Å². The fourth-order valence-electron chi connectivity index (χ4n) is 4.50. The van der Waals surface area contributed by atoms with Crippen LogP contribution >= 0.6 is 21.6 Å². The highest BCUT2D eigenvalue weighted by molar-refractivity contribution is 8.76. The van der Waals surface area contributed by atoms with Gasteiger partial charge in [-0.2, -0.15) is 0 Å². The summed E-state index contributed by atoms with van der Waals surface area (Å²) in [6.45, 7) is 0. The molecular weight excluding hydrogens is 609 g/mol. The van der Waals surface area contributed by atoms with Gasteiger partial charge in [-0.3, -0.25) is 4.79 Å². The zero-order chi connectivity index (χ0) is 31.6. The molecule has 0 saturated carbocycles. The van der Waals surface area contributed by atoms with E-state index >= 15 is 0 Å². The van der Waals surface area contributed by atoms with Crippen molar-refractivity contribution in [2.24, 2.45) is 0 Å². The summed E-state index contributed by atoms with van der Waals surface area (Å²) in [5.74, 6) is 2.76. The van der Waals surface area contributed by atoms with Crippen LogP contribution in [0, 0.1) is 0 Å². The molecule has 6 aromatic rings. The van der Waals surface area contributed by atoms with Gasteiger partial charge in [0.1, 0.15) is 23.0 Å². The zero-order valence-corrected chi connectivity index (χ0v) is 26.3. The van der Waals surface area contributed by atoms with Crippen molar-refractivity contribution < 1.29 is 14.3 Å². The molecule has 3 N–H and O–H groups in total. The van der Waals surface area contributed by atoms with E-state index in [2.05, 4.69) is 5.32 Å². The third-order valence-electron chi connectivity index (χ3n) is 6.81. The van der Waals surface area contributed by atoms with Crippen molar-refractivity contribution in [1.29, 1.82) is 0 Å². The first-order chi connectivity index (χ1) is 22.6. The number of nitrogens with two attached hydrogens (primary N) is 1. The Morgan fingerprint density at radius 1 is 0.543 bits per heavy atom. The second-order valence-electron chi connectivity index (χ2n) is 10.1. The molecule has 0 radical (unpaired) electrons. The molecule has 0 atom stereocenters. The molecule has 0 bridgehead atoms. The number of ketones is 1. The largest absolute Gasteiger partial charge is 0.457 e. The van der Waals surface area contributed by atoms with E-state index in [1.165, 1.54) is 21.6 Å². The highest BCUT2D eigenvalue weighted by atomic mass is 33.1. The lowest BCUT2D eigenvalue weighted by Gasteiger charge is -2.17. The second-order valence-corrected chi connectivity index (χ2v) is 12.3. The summed E-state index contributed by atoms with van der Waals surface area (Å²) in [6.07, 6.45) is 1.64. The van der Waals surface area contributed by atoms with Gasteiger partial charge in [0.25, 0.3) is 0 Å². The lowest BCUT2D eigenvalue weighted by molar-refractivity contribution is 0.104. The summed E-state index contributed by atoms with van der Waals surface area (Å²) < 4.78 is 12.2. The number of nitrogens with one attached hydrogen (secondary N) is 1. The normalized spacial score (nSPS) is 11.1. The summed E-state index contributed by atoms with van der Waals surface area (Å²) in [6, 6.07) is 49.8. The van der Waals surface area contributed by atoms with E-state index in [1.807, 2.05) is 158 Å². The van der Waals surface area contributed by atoms with Crippen molar-refractivity contribution in [2.75, 3.05) is 11.1 Å². The minimum absolute atomic E-state index is 0.0948. The summed E-state index contributed by atoms with van der Waals surface area (Å²) >= 11 is 0. The summed E-state index contributed by atoms with van der Waals surface area (Å²) in [5.41, 5.74) is 10.0. The Kier molecular flexibility index (Phi) is 10.0. The number of anilines is 2. The Morgan fingerprint density at radius 2 is 1.02 bits per heavy atom. The van der Waals surface area contributed by atoms with Gasteiger partial charge in [-0.15, -0.1) is 0 Å². The number of hydrogen-bond donors (Lipinski definition) is 2. The lowest BCUT2D eigenvalue weighted by Crippen LogP contribution is -2.04. The van der Waals surface area contributed by atoms with Crippen molar-refractivity contribution in [1.82, 2.24) is 0 Å². The Bertz CT molecular complexity index is 1940. The molecule has 46 heavy (non-hydrogen) atoms. The van der Waals surface area contributed by atoms with Gasteiger partial charge in [-0.05, 0) is 66.2 Å². The van der Waals surface area contributed by atoms with Gasteiger partial charge in [0.2, 0.25) is 0 Å². The molecular formula is C39H30N2O3S2. The quantitative estimate of drug-likeness (QED) is 0.0598. The second kappa shape index (κ2) is 15.1. The first kappa shape index (κ1) is 30.6. The van der Waals surface area contributed by atoms with E-state index in [-0.39, 0.29) is 5.78 Å². The number of hydrogen-bond acceptors (Lipinski definition) is 7. The number of ether oxygens (including phenoxy) is 2. The predicted molar refractivity (Wildman–Crippen MR) is 191 cm³/mol. The van der Waals surface area contributed by atoms with Gasteiger partial charge in [0.05, 0.1) is 5.69 Å². The van der Waals surface area contributed by atoms with Gasteiger partial charge in [0.15, 0.2) is 5.78 Å².